The van der Waals surface area contributed by atoms with Crippen LogP contribution in [0.3, 0.4) is 0 Å². The Morgan fingerprint density at radius 3 is 2.86 bits per heavy atom. The maximum absolute atomic E-state index is 12.1. The molecular formula is C19H21N5O2S2. The zero-order chi connectivity index (χ0) is 19.3. The van der Waals surface area contributed by atoms with Crippen molar-refractivity contribution >= 4 is 33.7 Å². The van der Waals surface area contributed by atoms with E-state index in [1.165, 1.54) is 11.3 Å². The maximum atomic E-state index is 12.1. The fraction of sp³-hybridized carbons (Fsp3) is 0.368. The SMILES string of the molecule is COc1ccccc1-c1nnc(C2CCN(CC(=O)Nc3nccs3)CC2)s1. The van der Waals surface area contributed by atoms with Crippen LogP contribution < -0.4 is 10.1 Å². The topological polar surface area (TPSA) is 80.2 Å². The largest absolute Gasteiger partial charge is 0.496 e. The molecule has 3 heterocycles. The van der Waals surface area contributed by atoms with Gasteiger partial charge in [-0.25, -0.2) is 4.98 Å². The van der Waals surface area contributed by atoms with E-state index in [1.807, 2.05) is 29.6 Å². The Kier molecular flexibility index (Phi) is 5.94. The first kappa shape index (κ1) is 19.0. The van der Waals surface area contributed by atoms with Gasteiger partial charge in [0.15, 0.2) is 10.1 Å². The quantitative estimate of drug-likeness (QED) is 0.664. The molecule has 28 heavy (non-hydrogen) atoms. The summed E-state index contributed by atoms with van der Waals surface area (Å²) in [7, 11) is 1.67. The van der Waals surface area contributed by atoms with E-state index < -0.39 is 0 Å². The molecule has 0 atom stereocenters. The van der Waals surface area contributed by atoms with Gasteiger partial charge in [0.25, 0.3) is 0 Å². The average Bonchev–Trinajstić information content (AvgIpc) is 3.40. The van der Waals surface area contributed by atoms with E-state index in [4.69, 9.17) is 4.74 Å². The molecule has 1 aliphatic rings. The van der Waals surface area contributed by atoms with Crippen LogP contribution in [0.25, 0.3) is 10.6 Å². The second kappa shape index (κ2) is 8.76. The van der Waals surface area contributed by atoms with E-state index in [9.17, 15) is 4.79 Å². The minimum Gasteiger partial charge on any atom is -0.496 e. The Balaban J connectivity index is 1.33. The number of amides is 1. The van der Waals surface area contributed by atoms with Crippen LogP contribution in [-0.4, -0.2) is 52.7 Å². The van der Waals surface area contributed by atoms with Crippen LogP contribution in [0.5, 0.6) is 5.75 Å². The van der Waals surface area contributed by atoms with Crippen LogP contribution in [0.4, 0.5) is 5.13 Å². The van der Waals surface area contributed by atoms with Crippen LogP contribution in [0.15, 0.2) is 35.8 Å². The number of nitrogens with one attached hydrogen (secondary N) is 1. The van der Waals surface area contributed by atoms with Crippen molar-refractivity contribution in [2.75, 3.05) is 32.1 Å². The Morgan fingerprint density at radius 2 is 2.11 bits per heavy atom. The van der Waals surface area contributed by atoms with Gasteiger partial charge in [-0.05, 0) is 38.1 Å². The summed E-state index contributed by atoms with van der Waals surface area (Å²) in [6.45, 7) is 2.15. The molecule has 2 aromatic heterocycles. The van der Waals surface area contributed by atoms with E-state index in [0.29, 0.717) is 17.6 Å². The number of nitrogens with zero attached hydrogens (tertiary/aromatic N) is 4. The maximum Gasteiger partial charge on any atom is 0.240 e. The highest BCUT2D eigenvalue weighted by Crippen LogP contribution is 2.36. The number of thiazole rings is 1. The first-order valence-electron chi connectivity index (χ1n) is 9.11. The molecule has 1 aliphatic heterocycles. The number of aromatic nitrogens is 3. The highest BCUT2D eigenvalue weighted by molar-refractivity contribution is 7.14. The number of piperidine rings is 1. The summed E-state index contributed by atoms with van der Waals surface area (Å²) in [5.41, 5.74) is 0.977. The molecule has 0 bridgehead atoms. The third-order valence-electron chi connectivity index (χ3n) is 4.76. The molecular weight excluding hydrogens is 394 g/mol. The van der Waals surface area contributed by atoms with Crippen molar-refractivity contribution in [3.8, 4) is 16.3 Å². The van der Waals surface area contributed by atoms with Crippen LogP contribution in [0.1, 0.15) is 23.8 Å². The molecule has 1 aromatic carbocycles. The smallest absolute Gasteiger partial charge is 0.240 e. The molecule has 7 nitrogen and oxygen atoms in total. The summed E-state index contributed by atoms with van der Waals surface area (Å²) in [6, 6.07) is 7.87. The van der Waals surface area contributed by atoms with Crippen molar-refractivity contribution in [1.29, 1.82) is 0 Å². The lowest BCUT2D eigenvalue weighted by atomic mass is 9.98. The third kappa shape index (κ3) is 4.37. The van der Waals surface area contributed by atoms with E-state index >= 15 is 0 Å². The lowest BCUT2D eigenvalue weighted by molar-refractivity contribution is -0.117. The van der Waals surface area contributed by atoms with Crippen LogP contribution in [-0.2, 0) is 4.79 Å². The van der Waals surface area contributed by atoms with Gasteiger partial charge in [-0.2, -0.15) is 0 Å². The summed E-state index contributed by atoms with van der Waals surface area (Å²) in [4.78, 5) is 18.4. The summed E-state index contributed by atoms with van der Waals surface area (Å²) in [5, 5.41) is 16.1. The molecule has 1 amide bonds. The van der Waals surface area contributed by atoms with E-state index in [2.05, 4.69) is 25.4 Å². The predicted octanol–water partition coefficient (Wildman–Crippen LogP) is 3.49. The Labute approximate surface area is 171 Å². The Bertz CT molecular complexity index is 920. The molecule has 1 fully saturated rings. The molecule has 0 aliphatic carbocycles. The summed E-state index contributed by atoms with van der Waals surface area (Å²) in [6.07, 6.45) is 3.64. The Morgan fingerprint density at radius 1 is 1.29 bits per heavy atom. The molecule has 146 valence electrons. The predicted molar refractivity (Wildman–Crippen MR) is 111 cm³/mol. The highest BCUT2D eigenvalue weighted by atomic mass is 32.1. The second-order valence-electron chi connectivity index (χ2n) is 6.58. The number of ether oxygens (including phenoxy) is 1. The molecule has 0 saturated carbocycles. The van der Waals surface area contributed by atoms with Gasteiger partial charge in [-0.15, -0.1) is 21.5 Å². The van der Waals surface area contributed by atoms with Crippen LogP contribution in [0, 0.1) is 0 Å². The molecule has 0 spiro atoms. The van der Waals surface area contributed by atoms with Crippen molar-refractivity contribution < 1.29 is 9.53 Å². The molecule has 4 rings (SSSR count). The standard InChI is InChI=1S/C19H21N5O2S2/c1-26-15-5-3-2-4-14(15)18-23-22-17(28-18)13-6-9-24(10-7-13)12-16(25)21-19-20-8-11-27-19/h2-5,8,11,13H,6-7,9-10,12H2,1H3,(H,20,21,25). The second-order valence-corrected chi connectivity index (χ2v) is 8.49. The fourth-order valence-electron chi connectivity index (χ4n) is 3.31. The number of anilines is 1. The molecule has 1 N–H and O–H groups in total. The first-order valence-corrected chi connectivity index (χ1v) is 10.8. The number of hydrogen-bond acceptors (Lipinski definition) is 8. The number of rotatable bonds is 6. The zero-order valence-electron chi connectivity index (χ0n) is 15.5. The first-order chi connectivity index (χ1) is 13.7. The minimum absolute atomic E-state index is 0.0113. The molecule has 1 saturated heterocycles. The fourth-order valence-corrected chi connectivity index (χ4v) is 4.90. The van der Waals surface area contributed by atoms with Crippen molar-refractivity contribution in [2.45, 2.75) is 18.8 Å². The Hall–Kier alpha value is -2.36. The van der Waals surface area contributed by atoms with E-state index in [-0.39, 0.29) is 5.91 Å². The molecule has 3 aromatic rings. The van der Waals surface area contributed by atoms with E-state index in [1.54, 1.807) is 24.6 Å². The van der Waals surface area contributed by atoms with Gasteiger partial charge < -0.3 is 10.1 Å². The third-order valence-corrected chi connectivity index (χ3v) is 6.57. The summed E-state index contributed by atoms with van der Waals surface area (Å²) >= 11 is 3.06. The number of carbonyl (C=O) groups is 1. The van der Waals surface area contributed by atoms with Crippen molar-refractivity contribution in [2.24, 2.45) is 0 Å². The number of para-hydroxylation sites is 1. The van der Waals surface area contributed by atoms with Gasteiger partial charge in [0.1, 0.15) is 10.8 Å². The number of carbonyl (C=O) groups excluding carboxylic acids is 1. The van der Waals surface area contributed by atoms with Crippen LogP contribution >= 0.6 is 22.7 Å². The zero-order valence-corrected chi connectivity index (χ0v) is 17.1. The van der Waals surface area contributed by atoms with Gasteiger partial charge in [-0.3, -0.25) is 9.69 Å². The minimum atomic E-state index is -0.0113. The summed E-state index contributed by atoms with van der Waals surface area (Å²) < 4.78 is 5.43. The van der Waals surface area contributed by atoms with Crippen molar-refractivity contribution in [3.05, 3.63) is 40.8 Å². The highest BCUT2D eigenvalue weighted by Gasteiger charge is 2.25. The molecule has 0 unspecified atom stereocenters. The van der Waals surface area contributed by atoms with Crippen molar-refractivity contribution in [1.82, 2.24) is 20.1 Å². The monoisotopic (exact) mass is 415 g/mol. The van der Waals surface area contributed by atoms with Gasteiger partial charge in [0.2, 0.25) is 5.91 Å². The lowest BCUT2D eigenvalue weighted by Crippen LogP contribution is -2.38. The summed E-state index contributed by atoms with van der Waals surface area (Å²) in [5.74, 6) is 1.19. The van der Waals surface area contributed by atoms with E-state index in [0.717, 1.165) is 47.3 Å². The normalized spacial score (nSPS) is 15.5. The number of likely N-dealkylation sites (tertiary alicyclic amines) is 1. The van der Waals surface area contributed by atoms with Gasteiger partial charge in [-0.1, -0.05) is 23.5 Å². The van der Waals surface area contributed by atoms with Crippen molar-refractivity contribution in [3.63, 3.8) is 0 Å². The molecule has 9 heteroatoms. The molecule has 0 radical (unpaired) electrons. The number of hydrogen-bond donors (Lipinski definition) is 1. The number of methoxy groups -OCH3 is 1. The lowest BCUT2D eigenvalue weighted by Gasteiger charge is -2.30. The van der Waals surface area contributed by atoms with Gasteiger partial charge >= 0.3 is 0 Å². The van der Waals surface area contributed by atoms with Gasteiger partial charge in [0.05, 0.1) is 19.2 Å². The average molecular weight is 416 g/mol. The van der Waals surface area contributed by atoms with Gasteiger partial charge in [0, 0.05) is 17.5 Å². The number of benzene rings is 1. The van der Waals surface area contributed by atoms with Crippen LogP contribution in [0.2, 0.25) is 0 Å².